The van der Waals surface area contributed by atoms with Gasteiger partial charge in [-0.1, -0.05) is 18.2 Å². The van der Waals surface area contributed by atoms with E-state index in [0.717, 1.165) is 16.5 Å². The highest BCUT2D eigenvalue weighted by molar-refractivity contribution is 5.80. The Morgan fingerprint density at radius 2 is 1.83 bits per heavy atom. The summed E-state index contributed by atoms with van der Waals surface area (Å²) in [7, 11) is 0. The normalized spacial score (nSPS) is 13.2. The molecule has 0 saturated heterocycles. The van der Waals surface area contributed by atoms with Crippen LogP contribution in [0.25, 0.3) is 11.0 Å². The first-order chi connectivity index (χ1) is 8.31. The Morgan fingerprint density at radius 1 is 1.17 bits per heavy atom. The van der Waals surface area contributed by atoms with Gasteiger partial charge in [0, 0.05) is 23.0 Å². The van der Waals surface area contributed by atoms with Crippen LogP contribution in [0.5, 0.6) is 0 Å². The highest BCUT2D eigenvalue weighted by Crippen LogP contribution is 2.24. The van der Waals surface area contributed by atoms with E-state index in [1.807, 2.05) is 52.0 Å². The molecule has 2 N–H and O–H groups in total. The Hall–Kier alpha value is -1.32. The van der Waals surface area contributed by atoms with E-state index in [1.54, 1.807) is 6.26 Å². The lowest BCUT2D eigenvalue weighted by molar-refractivity contribution is -0.00529. The molecule has 0 saturated carbocycles. The van der Waals surface area contributed by atoms with Crippen molar-refractivity contribution in [2.24, 2.45) is 0 Å². The molecular formula is C15H21NO2. The van der Waals surface area contributed by atoms with Gasteiger partial charge in [0.05, 0.1) is 11.9 Å². The van der Waals surface area contributed by atoms with Crippen LogP contribution in [0.1, 0.15) is 33.3 Å². The summed E-state index contributed by atoms with van der Waals surface area (Å²) in [6.07, 6.45) is 1.78. The van der Waals surface area contributed by atoms with Gasteiger partial charge in [-0.3, -0.25) is 0 Å². The van der Waals surface area contributed by atoms with Crippen molar-refractivity contribution in [2.45, 2.75) is 45.4 Å². The number of rotatable bonds is 4. The molecule has 0 spiro atoms. The average Bonchev–Trinajstić information content (AvgIpc) is 2.68. The minimum Gasteiger partial charge on any atom is -0.464 e. The van der Waals surface area contributed by atoms with Gasteiger partial charge >= 0.3 is 0 Å². The summed E-state index contributed by atoms with van der Waals surface area (Å²) in [5.74, 6) is 0. The van der Waals surface area contributed by atoms with Gasteiger partial charge in [0.1, 0.15) is 5.58 Å². The summed E-state index contributed by atoms with van der Waals surface area (Å²) >= 11 is 0. The van der Waals surface area contributed by atoms with Crippen molar-refractivity contribution in [1.82, 2.24) is 5.32 Å². The second-order valence-electron chi connectivity index (χ2n) is 5.79. The van der Waals surface area contributed by atoms with Crippen molar-refractivity contribution in [3.63, 3.8) is 0 Å². The molecule has 0 radical (unpaired) electrons. The number of fused-ring (bicyclic) bond motifs is 1. The molecule has 1 heterocycles. The number of para-hydroxylation sites is 1. The van der Waals surface area contributed by atoms with Gasteiger partial charge in [-0.2, -0.15) is 0 Å². The van der Waals surface area contributed by atoms with E-state index in [0.29, 0.717) is 6.54 Å². The smallest absolute Gasteiger partial charge is 0.134 e. The molecule has 0 aliphatic heterocycles. The number of hydrogen-bond donors (Lipinski definition) is 2. The number of hydrogen-bond acceptors (Lipinski definition) is 3. The van der Waals surface area contributed by atoms with Crippen LogP contribution in [0.2, 0.25) is 0 Å². The van der Waals surface area contributed by atoms with E-state index in [9.17, 15) is 5.11 Å². The van der Waals surface area contributed by atoms with Gasteiger partial charge in [0.2, 0.25) is 0 Å². The monoisotopic (exact) mass is 247 g/mol. The maximum atomic E-state index is 10.1. The minimum atomic E-state index is -0.785. The molecule has 0 bridgehead atoms. The molecule has 1 aromatic carbocycles. The van der Waals surface area contributed by atoms with Gasteiger partial charge < -0.3 is 14.8 Å². The SMILES string of the molecule is CC(C)(O)C(C)(C)NCc1coc2ccccc12. The zero-order valence-electron chi connectivity index (χ0n) is 11.4. The molecule has 3 heteroatoms. The summed E-state index contributed by atoms with van der Waals surface area (Å²) in [5.41, 5.74) is 0.857. The summed E-state index contributed by atoms with van der Waals surface area (Å²) in [4.78, 5) is 0. The lowest BCUT2D eigenvalue weighted by atomic mass is 9.86. The molecule has 1 aromatic heterocycles. The second-order valence-corrected chi connectivity index (χ2v) is 5.79. The quantitative estimate of drug-likeness (QED) is 0.872. The zero-order valence-corrected chi connectivity index (χ0v) is 11.4. The van der Waals surface area contributed by atoms with Crippen molar-refractivity contribution >= 4 is 11.0 Å². The van der Waals surface area contributed by atoms with Crippen LogP contribution in [0.15, 0.2) is 34.9 Å². The van der Waals surface area contributed by atoms with E-state index < -0.39 is 5.60 Å². The Morgan fingerprint density at radius 3 is 2.50 bits per heavy atom. The molecule has 0 aliphatic carbocycles. The molecule has 0 fully saturated rings. The van der Waals surface area contributed by atoms with Crippen molar-refractivity contribution < 1.29 is 9.52 Å². The molecule has 98 valence electrons. The summed E-state index contributed by atoms with van der Waals surface area (Å²) in [5, 5.41) is 14.6. The third kappa shape index (κ3) is 2.42. The van der Waals surface area contributed by atoms with Gasteiger partial charge in [-0.25, -0.2) is 0 Å². The predicted molar refractivity (Wildman–Crippen MR) is 73.4 cm³/mol. The first-order valence-corrected chi connectivity index (χ1v) is 6.24. The van der Waals surface area contributed by atoms with E-state index in [2.05, 4.69) is 5.32 Å². The summed E-state index contributed by atoms with van der Waals surface area (Å²) in [6, 6.07) is 7.97. The van der Waals surface area contributed by atoms with E-state index in [1.165, 1.54) is 0 Å². The molecule has 0 atom stereocenters. The van der Waals surface area contributed by atoms with Crippen molar-refractivity contribution in [3.8, 4) is 0 Å². The van der Waals surface area contributed by atoms with Crippen LogP contribution in [-0.4, -0.2) is 16.2 Å². The fraction of sp³-hybridized carbons (Fsp3) is 0.467. The summed E-state index contributed by atoms with van der Waals surface area (Å²) < 4.78 is 5.50. The Labute approximate surface area is 108 Å². The predicted octanol–water partition coefficient (Wildman–Crippen LogP) is 3.07. The fourth-order valence-electron chi connectivity index (χ4n) is 1.70. The van der Waals surface area contributed by atoms with Crippen LogP contribution < -0.4 is 5.32 Å². The van der Waals surface area contributed by atoms with E-state index in [-0.39, 0.29) is 5.54 Å². The first kappa shape index (κ1) is 13.1. The van der Waals surface area contributed by atoms with Crippen LogP contribution in [0.4, 0.5) is 0 Å². The molecule has 0 aliphatic rings. The molecular weight excluding hydrogens is 226 g/mol. The van der Waals surface area contributed by atoms with E-state index in [4.69, 9.17) is 4.42 Å². The van der Waals surface area contributed by atoms with Crippen molar-refractivity contribution in [2.75, 3.05) is 0 Å². The molecule has 0 amide bonds. The topological polar surface area (TPSA) is 45.4 Å². The maximum Gasteiger partial charge on any atom is 0.134 e. The number of furan rings is 1. The highest BCUT2D eigenvalue weighted by atomic mass is 16.3. The Balaban J connectivity index is 2.16. The van der Waals surface area contributed by atoms with Crippen LogP contribution in [0.3, 0.4) is 0 Å². The Bertz CT molecular complexity index is 535. The highest BCUT2D eigenvalue weighted by Gasteiger charge is 2.34. The van der Waals surface area contributed by atoms with Gasteiger partial charge in [0.25, 0.3) is 0 Å². The standard InChI is InChI=1S/C15H21NO2/c1-14(2,15(3,4)17)16-9-11-10-18-13-8-6-5-7-12(11)13/h5-8,10,16-17H,9H2,1-4H3. The second kappa shape index (κ2) is 4.41. The minimum absolute atomic E-state index is 0.370. The van der Waals surface area contributed by atoms with Gasteiger partial charge in [0.15, 0.2) is 0 Å². The van der Waals surface area contributed by atoms with Gasteiger partial charge in [-0.15, -0.1) is 0 Å². The maximum absolute atomic E-state index is 10.1. The molecule has 3 nitrogen and oxygen atoms in total. The lowest BCUT2D eigenvalue weighted by Gasteiger charge is -2.38. The molecule has 0 unspecified atom stereocenters. The lowest BCUT2D eigenvalue weighted by Crippen LogP contribution is -2.55. The number of nitrogens with one attached hydrogen (secondary N) is 1. The third-order valence-electron chi connectivity index (χ3n) is 3.81. The van der Waals surface area contributed by atoms with Crippen molar-refractivity contribution in [3.05, 3.63) is 36.1 Å². The van der Waals surface area contributed by atoms with Gasteiger partial charge in [-0.05, 0) is 33.8 Å². The number of aliphatic hydroxyl groups is 1. The summed E-state index contributed by atoms with van der Waals surface area (Å²) in [6.45, 7) is 8.29. The fourth-order valence-corrected chi connectivity index (χ4v) is 1.70. The van der Waals surface area contributed by atoms with E-state index >= 15 is 0 Å². The first-order valence-electron chi connectivity index (χ1n) is 6.24. The molecule has 2 rings (SSSR count). The van der Waals surface area contributed by atoms with Crippen molar-refractivity contribution in [1.29, 1.82) is 0 Å². The molecule has 18 heavy (non-hydrogen) atoms. The third-order valence-corrected chi connectivity index (χ3v) is 3.81. The largest absolute Gasteiger partial charge is 0.464 e. The zero-order chi connectivity index (χ0) is 13.4. The Kier molecular flexibility index (Phi) is 3.21. The average molecular weight is 247 g/mol. The molecule has 2 aromatic rings. The van der Waals surface area contributed by atoms with Crippen LogP contribution in [0, 0.1) is 0 Å². The van der Waals surface area contributed by atoms with Crippen LogP contribution in [-0.2, 0) is 6.54 Å². The van der Waals surface area contributed by atoms with Crippen LogP contribution >= 0.6 is 0 Å². The number of benzene rings is 1.